The third-order valence-corrected chi connectivity index (χ3v) is 8.92. The molecular weight excluding hydrogens is 529 g/mol. The molecule has 0 fully saturated rings. The molecule has 0 amide bonds. The van der Waals surface area contributed by atoms with Crippen molar-refractivity contribution in [3.63, 3.8) is 0 Å². The maximum atomic E-state index is 11.4. The lowest BCUT2D eigenvalue weighted by atomic mass is 9.93. The summed E-state index contributed by atoms with van der Waals surface area (Å²) in [5, 5.41) is 0. The molecule has 4 heterocycles. The van der Waals surface area contributed by atoms with Crippen molar-refractivity contribution < 1.29 is 14.1 Å². The molecule has 0 aliphatic carbocycles. The Kier molecular flexibility index (Phi) is 5.98. The van der Waals surface area contributed by atoms with E-state index in [0.29, 0.717) is 17.1 Å². The Labute approximate surface area is 244 Å². The third-order valence-electron chi connectivity index (χ3n) is 7.81. The minimum Gasteiger partial charge on any atom is -0.503 e. The van der Waals surface area contributed by atoms with Gasteiger partial charge in [-0.1, -0.05) is 30.0 Å². The number of aryl methyl sites for hydroxylation is 2. The van der Waals surface area contributed by atoms with Crippen molar-refractivity contribution >= 4 is 48.0 Å². The van der Waals surface area contributed by atoms with Crippen molar-refractivity contribution in [2.24, 2.45) is 4.99 Å². The zero-order valence-corrected chi connectivity index (χ0v) is 24.4. The van der Waals surface area contributed by atoms with Gasteiger partial charge in [-0.2, -0.15) is 0 Å². The fourth-order valence-corrected chi connectivity index (χ4v) is 7.14. The van der Waals surface area contributed by atoms with E-state index < -0.39 is 7.25 Å². The highest BCUT2D eigenvalue weighted by Crippen LogP contribution is 2.49. The molecule has 6 nitrogen and oxygen atoms in total. The molecule has 1 aromatic heterocycles. The van der Waals surface area contributed by atoms with Gasteiger partial charge in [-0.3, -0.25) is 9.79 Å². The number of fused-ring (bicyclic) bond motifs is 3. The molecule has 7 rings (SSSR count). The minimum absolute atomic E-state index is 0.547. The fourth-order valence-electron chi connectivity index (χ4n) is 5.96. The van der Waals surface area contributed by atoms with Crippen LogP contribution in [0.25, 0.3) is 5.57 Å². The van der Waals surface area contributed by atoms with Crippen molar-refractivity contribution in [2.45, 2.75) is 37.5 Å². The molecular formula is C33H28BN3O3S. The molecule has 3 aliphatic heterocycles. The lowest BCUT2D eigenvalue weighted by molar-refractivity contribution is 0.112. The molecule has 0 saturated carbocycles. The van der Waals surface area contributed by atoms with E-state index in [0.717, 1.165) is 51.4 Å². The van der Waals surface area contributed by atoms with Gasteiger partial charge in [0.1, 0.15) is 17.8 Å². The number of carbonyl (C=O) groups is 1. The second-order valence-electron chi connectivity index (χ2n) is 10.7. The van der Waals surface area contributed by atoms with Crippen LogP contribution >= 0.6 is 11.8 Å². The van der Waals surface area contributed by atoms with E-state index >= 15 is 0 Å². The normalized spacial score (nSPS) is 16.3. The lowest BCUT2D eigenvalue weighted by Gasteiger charge is -2.30. The number of nitrogens with zero attached hydrogens (tertiary/aromatic N) is 3. The first-order valence-electron chi connectivity index (χ1n) is 13.6. The van der Waals surface area contributed by atoms with Gasteiger partial charge in [0.2, 0.25) is 0 Å². The Morgan fingerprint density at radius 3 is 2.46 bits per heavy atom. The number of benzene rings is 3. The number of para-hydroxylation sites is 1. The van der Waals surface area contributed by atoms with E-state index in [1.165, 1.54) is 21.2 Å². The monoisotopic (exact) mass is 557 g/mol. The SMILES string of the molecule is CC1=CC(C)=N/C1=C(/c1ccc2c(c1)Sc1ccccc1N2C)c1c(C)cc(C)n1B1Oc2ccc(C=O)cc2O1. The van der Waals surface area contributed by atoms with Gasteiger partial charge >= 0.3 is 7.25 Å². The second-order valence-corrected chi connectivity index (χ2v) is 11.8. The summed E-state index contributed by atoms with van der Waals surface area (Å²) in [7, 11) is 1.40. The average molecular weight is 557 g/mol. The molecule has 0 bridgehead atoms. The smallest absolute Gasteiger partial charge is 0.503 e. The van der Waals surface area contributed by atoms with Crippen LogP contribution in [0.5, 0.6) is 11.5 Å². The Bertz CT molecular complexity index is 1870. The summed E-state index contributed by atoms with van der Waals surface area (Å²) in [6.45, 7) is 8.32. The Balaban J connectivity index is 1.40. The fraction of sp³-hybridized carbons (Fsp3) is 0.152. The van der Waals surface area contributed by atoms with Crippen LogP contribution in [-0.4, -0.2) is 30.8 Å². The minimum atomic E-state index is -0.716. The maximum Gasteiger partial charge on any atom is 0.743 e. The van der Waals surface area contributed by atoms with Gasteiger partial charge in [0, 0.05) is 45.1 Å². The van der Waals surface area contributed by atoms with Gasteiger partial charge in [-0.25, -0.2) is 0 Å². The molecule has 0 saturated heterocycles. The van der Waals surface area contributed by atoms with E-state index in [-0.39, 0.29) is 0 Å². The van der Waals surface area contributed by atoms with E-state index in [2.05, 4.69) is 91.8 Å². The number of hydrogen-bond acceptors (Lipinski definition) is 6. The van der Waals surface area contributed by atoms with Gasteiger partial charge in [0.15, 0.2) is 0 Å². The third kappa shape index (κ3) is 4.13. The quantitative estimate of drug-likeness (QED) is 0.191. The summed E-state index contributed by atoms with van der Waals surface area (Å²) in [5.41, 5.74) is 11.2. The van der Waals surface area contributed by atoms with Crippen LogP contribution in [-0.2, 0) is 0 Å². The van der Waals surface area contributed by atoms with Gasteiger partial charge < -0.3 is 18.7 Å². The molecule has 3 aliphatic rings. The van der Waals surface area contributed by atoms with Gasteiger partial charge in [-0.15, -0.1) is 0 Å². The number of anilines is 2. The molecule has 3 aromatic carbocycles. The van der Waals surface area contributed by atoms with E-state index in [4.69, 9.17) is 14.3 Å². The lowest BCUT2D eigenvalue weighted by Crippen LogP contribution is -2.36. The zero-order valence-electron chi connectivity index (χ0n) is 23.6. The Hall–Kier alpha value is -4.43. The first-order valence-corrected chi connectivity index (χ1v) is 14.4. The number of aromatic nitrogens is 1. The van der Waals surface area contributed by atoms with Crippen molar-refractivity contribution in [3.05, 3.63) is 112 Å². The van der Waals surface area contributed by atoms with Crippen LogP contribution in [0.4, 0.5) is 11.4 Å². The highest BCUT2D eigenvalue weighted by Gasteiger charge is 2.40. The molecule has 202 valence electrons. The van der Waals surface area contributed by atoms with Gasteiger partial charge in [0.05, 0.1) is 17.1 Å². The average Bonchev–Trinajstić information content (AvgIpc) is 3.62. The highest BCUT2D eigenvalue weighted by molar-refractivity contribution is 7.99. The summed E-state index contributed by atoms with van der Waals surface area (Å²) < 4.78 is 14.7. The number of hydrogen-bond donors (Lipinski definition) is 0. The first kappa shape index (κ1) is 25.5. The summed E-state index contributed by atoms with van der Waals surface area (Å²) in [4.78, 5) is 21.1. The number of aldehydes is 1. The predicted octanol–water partition coefficient (Wildman–Crippen LogP) is 7.63. The van der Waals surface area contributed by atoms with Crippen LogP contribution in [0.2, 0.25) is 0 Å². The van der Waals surface area contributed by atoms with Crippen molar-refractivity contribution in [2.75, 3.05) is 11.9 Å². The molecule has 0 atom stereocenters. The first-order chi connectivity index (χ1) is 19.8. The summed E-state index contributed by atoms with van der Waals surface area (Å²) in [5.74, 6) is 1.17. The molecule has 4 aromatic rings. The summed E-state index contributed by atoms with van der Waals surface area (Å²) >= 11 is 1.79. The topological polar surface area (TPSA) is 56.1 Å². The van der Waals surface area contributed by atoms with Gasteiger partial charge in [-0.05, 0) is 99.0 Å². The molecule has 0 unspecified atom stereocenters. The number of rotatable bonds is 4. The zero-order chi connectivity index (χ0) is 28.4. The number of aliphatic imine (C=N–C) groups is 1. The van der Waals surface area contributed by atoms with Gasteiger partial charge in [0.25, 0.3) is 0 Å². The van der Waals surface area contributed by atoms with Crippen LogP contribution in [0.15, 0.2) is 98.9 Å². The van der Waals surface area contributed by atoms with E-state index in [9.17, 15) is 4.79 Å². The second kappa shape index (κ2) is 9.60. The Morgan fingerprint density at radius 1 is 0.902 bits per heavy atom. The van der Waals surface area contributed by atoms with E-state index in [1.807, 2.05) is 6.92 Å². The molecule has 0 N–H and O–H groups in total. The standard InChI is InChI=1S/C33H28BN3O3S/c1-19-14-21(3)35-32(19)31(24-11-12-26-30(17-24)41-29-9-7-6-8-25(29)36(26)5)33-20(2)15-22(4)37(33)34-39-27-13-10-23(18-38)16-28(27)40-34/h6-18H,1-5H3/b32-31-. The maximum absolute atomic E-state index is 11.4. The van der Waals surface area contributed by atoms with Crippen LogP contribution < -0.4 is 14.2 Å². The molecule has 0 spiro atoms. The van der Waals surface area contributed by atoms with Crippen LogP contribution in [0.3, 0.4) is 0 Å². The van der Waals surface area contributed by atoms with Crippen molar-refractivity contribution in [1.29, 1.82) is 0 Å². The largest absolute Gasteiger partial charge is 0.743 e. The Morgan fingerprint density at radius 2 is 1.68 bits per heavy atom. The van der Waals surface area contributed by atoms with Crippen LogP contribution in [0, 0.1) is 13.8 Å². The van der Waals surface area contributed by atoms with Crippen molar-refractivity contribution in [1.82, 2.24) is 4.48 Å². The molecule has 0 radical (unpaired) electrons. The number of allylic oxidation sites excluding steroid dienone is 2. The van der Waals surface area contributed by atoms with E-state index in [1.54, 1.807) is 30.0 Å². The summed E-state index contributed by atoms with van der Waals surface area (Å²) in [6.07, 6.45) is 2.94. The molecule has 8 heteroatoms. The number of carbonyl (C=O) groups excluding carboxylic acids is 1. The predicted molar refractivity (Wildman–Crippen MR) is 166 cm³/mol. The van der Waals surface area contributed by atoms with Crippen molar-refractivity contribution in [3.8, 4) is 11.5 Å². The van der Waals surface area contributed by atoms with Crippen LogP contribution in [0.1, 0.15) is 46.7 Å². The highest BCUT2D eigenvalue weighted by atomic mass is 32.2. The summed E-state index contributed by atoms with van der Waals surface area (Å²) in [6, 6.07) is 22.6. The molecule has 41 heavy (non-hydrogen) atoms.